The molecule has 0 amide bonds. The summed E-state index contributed by atoms with van der Waals surface area (Å²) in [7, 11) is 3.29. The van der Waals surface area contributed by atoms with E-state index in [0.29, 0.717) is 6.73 Å². The number of hydrogen-bond acceptors (Lipinski definition) is 4. The molecule has 0 aliphatic rings. The van der Waals surface area contributed by atoms with E-state index in [0.717, 1.165) is 5.69 Å². The van der Waals surface area contributed by atoms with Crippen LogP contribution in [-0.4, -0.2) is 25.9 Å². The summed E-state index contributed by atoms with van der Waals surface area (Å²) >= 11 is 0. The highest BCUT2D eigenvalue weighted by atomic mass is 16.9. The number of benzene rings is 1. The minimum atomic E-state index is 0.308. The fraction of sp³-hybridized carbons (Fsp3) is 0.333. The molecule has 0 spiro atoms. The quantitative estimate of drug-likeness (QED) is 0.426. The summed E-state index contributed by atoms with van der Waals surface area (Å²) in [6.07, 6.45) is 0. The van der Waals surface area contributed by atoms with Gasteiger partial charge in [0.1, 0.15) is 6.73 Å². The van der Waals surface area contributed by atoms with Gasteiger partial charge in [-0.1, -0.05) is 36.0 Å². The SMILES string of the molecule is CONOCN(C)[N-]c1ccccc1. The lowest BCUT2D eigenvalue weighted by Crippen LogP contribution is -2.23. The van der Waals surface area contributed by atoms with Gasteiger partial charge in [0.05, 0.1) is 7.11 Å². The maximum atomic E-state index is 4.88. The van der Waals surface area contributed by atoms with Gasteiger partial charge in [0.15, 0.2) is 0 Å². The maximum absolute atomic E-state index is 4.88. The number of nitrogens with one attached hydrogen (secondary N) is 1. The van der Waals surface area contributed by atoms with Crippen molar-refractivity contribution in [3.05, 3.63) is 35.8 Å². The van der Waals surface area contributed by atoms with Gasteiger partial charge in [-0.05, 0) is 7.05 Å². The molecule has 0 saturated carbocycles. The molecule has 14 heavy (non-hydrogen) atoms. The van der Waals surface area contributed by atoms with Gasteiger partial charge in [0.25, 0.3) is 0 Å². The lowest BCUT2D eigenvalue weighted by atomic mass is 10.3. The average molecular weight is 196 g/mol. The summed E-state index contributed by atoms with van der Waals surface area (Å²) in [5, 5.41) is 1.65. The fourth-order valence-electron chi connectivity index (χ4n) is 0.899. The number of hydrogen-bond donors (Lipinski definition) is 1. The first kappa shape index (κ1) is 10.9. The first-order valence-electron chi connectivity index (χ1n) is 4.20. The highest BCUT2D eigenvalue weighted by Crippen LogP contribution is 2.17. The standard InChI is InChI=1S/C9H14N3O2/c1-12(8-14-11-13-2)10-9-6-4-3-5-7-9/h3-7,11H,8H2,1-2H3/q-1. The Morgan fingerprint density at radius 1 is 1.36 bits per heavy atom. The Morgan fingerprint density at radius 3 is 2.71 bits per heavy atom. The van der Waals surface area contributed by atoms with Crippen LogP contribution in [0.5, 0.6) is 0 Å². The van der Waals surface area contributed by atoms with Gasteiger partial charge in [-0.15, -0.1) is 5.69 Å². The molecule has 0 unspecified atom stereocenters. The second-order valence-corrected chi connectivity index (χ2v) is 2.65. The molecule has 0 aromatic heterocycles. The van der Waals surface area contributed by atoms with Crippen LogP contribution in [0, 0.1) is 0 Å². The molecule has 0 fully saturated rings. The first-order valence-corrected chi connectivity index (χ1v) is 4.20. The van der Waals surface area contributed by atoms with Crippen molar-refractivity contribution >= 4 is 5.69 Å². The van der Waals surface area contributed by atoms with E-state index in [-0.39, 0.29) is 0 Å². The van der Waals surface area contributed by atoms with E-state index in [1.165, 1.54) is 7.11 Å². The molecule has 0 heterocycles. The third-order valence-corrected chi connectivity index (χ3v) is 1.44. The summed E-state index contributed by atoms with van der Waals surface area (Å²) < 4.78 is 0. The molecule has 1 aromatic carbocycles. The molecule has 5 nitrogen and oxygen atoms in total. The van der Waals surface area contributed by atoms with E-state index in [2.05, 4.69) is 15.9 Å². The summed E-state index contributed by atoms with van der Waals surface area (Å²) in [6, 6.07) is 9.64. The van der Waals surface area contributed by atoms with Crippen LogP contribution in [0.25, 0.3) is 5.43 Å². The van der Waals surface area contributed by atoms with Crippen molar-refractivity contribution in [1.82, 2.24) is 10.7 Å². The summed E-state index contributed by atoms with van der Waals surface area (Å²) in [5.41, 5.74) is 7.39. The predicted molar refractivity (Wildman–Crippen MR) is 53.3 cm³/mol. The van der Waals surface area contributed by atoms with Crippen LogP contribution in [0.4, 0.5) is 5.69 Å². The molecule has 0 radical (unpaired) electrons. The molecule has 1 N–H and O–H groups in total. The Balaban J connectivity index is 2.23. The molecular formula is C9H14N3O2-. The van der Waals surface area contributed by atoms with Crippen LogP contribution in [-0.2, 0) is 9.68 Å². The summed E-state index contributed by atoms with van der Waals surface area (Å²) in [4.78, 5) is 9.38. The van der Waals surface area contributed by atoms with Crippen LogP contribution in [0.1, 0.15) is 0 Å². The Hall–Kier alpha value is -1.14. The zero-order chi connectivity index (χ0) is 10.2. The maximum Gasteiger partial charge on any atom is 0.110 e. The van der Waals surface area contributed by atoms with E-state index in [9.17, 15) is 0 Å². The van der Waals surface area contributed by atoms with E-state index >= 15 is 0 Å². The van der Waals surface area contributed by atoms with Crippen molar-refractivity contribution < 1.29 is 9.68 Å². The van der Waals surface area contributed by atoms with E-state index in [4.69, 9.17) is 4.84 Å². The van der Waals surface area contributed by atoms with Gasteiger partial charge >= 0.3 is 0 Å². The Kier molecular flexibility index (Phi) is 4.95. The van der Waals surface area contributed by atoms with Crippen molar-refractivity contribution in [2.24, 2.45) is 0 Å². The molecule has 0 atom stereocenters. The molecule has 0 saturated heterocycles. The smallest absolute Gasteiger partial charge is 0.110 e. The van der Waals surface area contributed by atoms with Gasteiger partial charge in [0.2, 0.25) is 0 Å². The zero-order valence-electron chi connectivity index (χ0n) is 8.30. The van der Waals surface area contributed by atoms with Crippen LogP contribution in [0.15, 0.2) is 30.3 Å². The topological polar surface area (TPSA) is 47.8 Å². The fourth-order valence-corrected chi connectivity index (χ4v) is 0.899. The highest BCUT2D eigenvalue weighted by Gasteiger charge is 1.86. The first-order chi connectivity index (χ1) is 6.83. The van der Waals surface area contributed by atoms with Crippen molar-refractivity contribution in [3.8, 4) is 0 Å². The Bertz CT molecular complexity index is 243. The summed E-state index contributed by atoms with van der Waals surface area (Å²) in [6.45, 7) is 0.308. The lowest BCUT2D eigenvalue weighted by Gasteiger charge is -2.33. The van der Waals surface area contributed by atoms with E-state index in [1.54, 1.807) is 5.01 Å². The second-order valence-electron chi connectivity index (χ2n) is 2.65. The Morgan fingerprint density at radius 2 is 2.07 bits per heavy atom. The zero-order valence-corrected chi connectivity index (χ0v) is 8.30. The van der Waals surface area contributed by atoms with Gasteiger partial charge in [-0.3, -0.25) is 9.68 Å². The molecule has 0 bridgehead atoms. The van der Waals surface area contributed by atoms with Crippen molar-refractivity contribution in [3.63, 3.8) is 0 Å². The van der Waals surface area contributed by atoms with Crippen molar-refractivity contribution in [2.75, 3.05) is 20.9 Å². The van der Waals surface area contributed by atoms with Gasteiger partial charge in [-0.2, -0.15) is 0 Å². The lowest BCUT2D eigenvalue weighted by molar-refractivity contribution is -0.170. The van der Waals surface area contributed by atoms with Gasteiger partial charge in [-0.25, -0.2) is 0 Å². The third kappa shape index (κ3) is 4.20. The van der Waals surface area contributed by atoms with E-state index in [1.807, 2.05) is 37.4 Å². The minimum absolute atomic E-state index is 0.308. The molecule has 0 aliphatic carbocycles. The molecule has 5 heteroatoms. The van der Waals surface area contributed by atoms with Crippen LogP contribution < -0.4 is 5.64 Å². The second kappa shape index (κ2) is 6.33. The highest BCUT2D eigenvalue weighted by molar-refractivity contribution is 5.46. The largest absolute Gasteiger partial charge is 0.618 e. The Labute approximate surface area is 83.5 Å². The van der Waals surface area contributed by atoms with Crippen molar-refractivity contribution in [2.45, 2.75) is 0 Å². The average Bonchev–Trinajstić information content (AvgIpc) is 2.20. The van der Waals surface area contributed by atoms with Crippen LogP contribution in [0.3, 0.4) is 0 Å². The monoisotopic (exact) mass is 196 g/mol. The van der Waals surface area contributed by atoms with Crippen LogP contribution >= 0.6 is 0 Å². The minimum Gasteiger partial charge on any atom is -0.618 e. The molecule has 1 rings (SSSR count). The van der Waals surface area contributed by atoms with Crippen LogP contribution in [0.2, 0.25) is 0 Å². The van der Waals surface area contributed by atoms with E-state index < -0.39 is 0 Å². The van der Waals surface area contributed by atoms with Gasteiger partial charge < -0.3 is 10.4 Å². The number of rotatable bonds is 6. The molecule has 0 aliphatic heterocycles. The molecule has 1 aromatic rings. The number of nitrogens with zero attached hydrogens (tertiary/aromatic N) is 2. The summed E-state index contributed by atoms with van der Waals surface area (Å²) in [5.74, 6) is 0. The molecule has 78 valence electrons. The molecular weight excluding hydrogens is 182 g/mol. The van der Waals surface area contributed by atoms with Gasteiger partial charge in [0, 0.05) is 0 Å². The normalized spacial score (nSPS) is 10.5. The predicted octanol–water partition coefficient (Wildman–Crippen LogP) is 1.58. The van der Waals surface area contributed by atoms with Crippen molar-refractivity contribution in [1.29, 1.82) is 0 Å². The third-order valence-electron chi connectivity index (χ3n) is 1.44.